The largest absolute Gasteiger partial charge is 0.367 e. The molecule has 0 bridgehead atoms. The van der Waals surface area contributed by atoms with E-state index in [1.54, 1.807) is 6.20 Å². The fourth-order valence-electron chi connectivity index (χ4n) is 1.84. The van der Waals surface area contributed by atoms with Gasteiger partial charge in [-0.05, 0) is 19.4 Å². The van der Waals surface area contributed by atoms with Crippen LogP contribution in [0.5, 0.6) is 0 Å². The average Bonchev–Trinajstić information content (AvgIpc) is 2.87. The van der Waals surface area contributed by atoms with E-state index in [4.69, 9.17) is 4.74 Å². The van der Waals surface area contributed by atoms with Gasteiger partial charge in [-0.15, -0.1) is 0 Å². The van der Waals surface area contributed by atoms with Crippen molar-refractivity contribution in [3.05, 3.63) is 53.6 Å². The van der Waals surface area contributed by atoms with Crippen LogP contribution in [-0.4, -0.2) is 22.5 Å². The Bertz CT molecular complexity index is 551. The predicted molar refractivity (Wildman–Crippen MR) is 76.0 cm³/mol. The molecule has 0 spiro atoms. The summed E-state index contributed by atoms with van der Waals surface area (Å²) < 4.78 is 5.38. The average molecular weight is 273 g/mol. The Labute approximate surface area is 118 Å². The first-order chi connectivity index (χ1) is 9.65. The van der Waals surface area contributed by atoms with Crippen LogP contribution in [0.15, 0.2) is 36.5 Å². The standard InChI is InChI=1S/C15H19N3O2/c1-11-8-16-15(17-11)12(2)18-14(19)10-20-9-13-6-4-3-5-7-13/h3-8,12H,9-10H2,1-2H3,(H,16,17)(H,18,19)/t12-/m0/s1. The van der Waals surface area contributed by atoms with Gasteiger partial charge in [-0.1, -0.05) is 30.3 Å². The number of carbonyl (C=O) groups excluding carboxylic acids is 1. The lowest BCUT2D eigenvalue weighted by Crippen LogP contribution is -2.30. The summed E-state index contributed by atoms with van der Waals surface area (Å²) in [7, 11) is 0. The van der Waals surface area contributed by atoms with E-state index >= 15 is 0 Å². The molecule has 0 fully saturated rings. The van der Waals surface area contributed by atoms with Gasteiger partial charge in [0.15, 0.2) is 0 Å². The lowest BCUT2D eigenvalue weighted by Gasteiger charge is -2.11. The van der Waals surface area contributed by atoms with Gasteiger partial charge in [0.05, 0.1) is 12.6 Å². The first-order valence-electron chi connectivity index (χ1n) is 6.57. The van der Waals surface area contributed by atoms with Crippen LogP contribution in [0.2, 0.25) is 0 Å². The van der Waals surface area contributed by atoms with Crippen LogP contribution in [-0.2, 0) is 16.1 Å². The highest BCUT2D eigenvalue weighted by Gasteiger charge is 2.12. The molecule has 1 aromatic heterocycles. The Morgan fingerprint density at radius 3 is 2.80 bits per heavy atom. The Hall–Kier alpha value is -2.14. The van der Waals surface area contributed by atoms with Crippen LogP contribution in [0.3, 0.4) is 0 Å². The molecule has 5 nitrogen and oxygen atoms in total. The molecule has 0 radical (unpaired) electrons. The minimum atomic E-state index is -0.156. The van der Waals surface area contributed by atoms with Crippen molar-refractivity contribution < 1.29 is 9.53 Å². The van der Waals surface area contributed by atoms with Crippen LogP contribution in [0.4, 0.5) is 0 Å². The maximum absolute atomic E-state index is 11.7. The number of ether oxygens (including phenoxy) is 1. The fourth-order valence-corrected chi connectivity index (χ4v) is 1.84. The molecule has 1 aromatic carbocycles. The molecule has 1 amide bonds. The van der Waals surface area contributed by atoms with Gasteiger partial charge in [-0.3, -0.25) is 4.79 Å². The zero-order valence-electron chi connectivity index (χ0n) is 11.7. The highest BCUT2D eigenvalue weighted by Crippen LogP contribution is 2.07. The summed E-state index contributed by atoms with van der Waals surface area (Å²) in [5.41, 5.74) is 2.02. The molecule has 0 aliphatic rings. The number of nitrogens with one attached hydrogen (secondary N) is 2. The van der Waals surface area contributed by atoms with E-state index < -0.39 is 0 Å². The van der Waals surface area contributed by atoms with Crippen molar-refractivity contribution in [1.29, 1.82) is 0 Å². The first-order valence-corrected chi connectivity index (χ1v) is 6.57. The van der Waals surface area contributed by atoms with Gasteiger partial charge in [0.25, 0.3) is 0 Å². The molecule has 0 saturated carbocycles. The van der Waals surface area contributed by atoms with Gasteiger partial charge >= 0.3 is 0 Å². The SMILES string of the molecule is Cc1cnc([C@H](C)NC(=O)COCc2ccccc2)[nH]1. The maximum Gasteiger partial charge on any atom is 0.246 e. The molecular formula is C15H19N3O2. The molecule has 0 aliphatic carbocycles. The number of carbonyl (C=O) groups is 1. The number of hydrogen-bond donors (Lipinski definition) is 2. The summed E-state index contributed by atoms with van der Waals surface area (Å²) in [6.07, 6.45) is 1.74. The maximum atomic E-state index is 11.7. The lowest BCUT2D eigenvalue weighted by atomic mass is 10.2. The molecule has 20 heavy (non-hydrogen) atoms. The normalized spacial score (nSPS) is 12.1. The molecule has 2 aromatic rings. The van der Waals surface area contributed by atoms with E-state index in [1.807, 2.05) is 44.2 Å². The second-order valence-corrected chi connectivity index (χ2v) is 4.72. The van der Waals surface area contributed by atoms with E-state index in [1.165, 1.54) is 0 Å². The quantitative estimate of drug-likeness (QED) is 0.847. The minimum absolute atomic E-state index is 0.0406. The van der Waals surface area contributed by atoms with E-state index in [2.05, 4.69) is 15.3 Å². The highest BCUT2D eigenvalue weighted by molar-refractivity contribution is 5.77. The Balaban J connectivity index is 1.73. The third-order valence-electron chi connectivity index (χ3n) is 2.85. The number of benzene rings is 1. The third-order valence-corrected chi connectivity index (χ3v) is 2.85. The first kappa shape index (κ1) is 14.3. The van der Waals surface area contributed by atoms with Crippen molar-refractivity contribution >= 4 is 5.91 Å². The van der Waals surface area contributed by atoms with E-state index in [-0.39, 0.29) is 18.6 Å². The number of imidazole rings is 1. The van der Waals surface area contributed by atoms with Crippen LogP contribution < -0.4 is 5.32 Å². The van der Waals surface area contributed by atoms with Gasteiger partial charge < -0.3 is 15.0 Å². The molecule has 106 valence electrons. The summed E-state index contributed by atoms with van der Waals surface area (Å²) in [6.45, 7) is 4.28. The molecule has 2 N–H and O–H groups in total. The Morgan fingerprint density at radius 2 is 2.15 bits per heavy atom. The third kappa shape index (κ3) is 4.20. The van der Waals surface area contributed by atoms with Crippen LogP contribution in [0.1, 0.15) is 30.0 Å². The van der Waals surface area contributed by atoms with Crippen LogP contribution in [0, 0.1) is 6.92 Å². The number of aryl methyl sites for hydroxylation is 1. The number of hydrogen-bond acceptors (Lipinski definition) is 3. The highest BCUT2D eigenvalue weighted by atomic mass is 16.5. The number of aromatic nitrogens is 2. The smallest absolute Gasteiger partial charge is 0.246 e. The number of nitrogens with zero attached hydrogens (tertiary/aromatic N) is 1. The van der Waals surface area contributed by atoms with Gasteiger partial charge in [0.1, 0.15) is 12.4 Å². The van der Waals surface area contributed by atoms with Gasteiger partial charge in [-0.25, -0.2) is 4.98 Å². The van der Waals surface area contributed by atoms with Crippen molar-refractivity contribution in [2.75, 3.05) is 6.61 Å². The summed E-state index contributed by atoms with van der Waals surface area (Å²) in [5.74, 6) is 0.599. The topological polar surface area (TPSA) is 67.0 Å². The number of H-pyrrole nitrogens is 1. The molecule has 0 saturated heterocycles. The second-order valence-electron chi connectivity index (χ2n) is 4.72. The van der Waals surface area contributed by atoms with Gasteiger partial charge in [0, 0.05) is 11.9 Å². The van der Waals surface area contributed by atoms with Crippen LogP contribution >= 0.6 is 0 Å². The van der Waals surface area contributed by atoms with Crippen molar-refractivity contribution in [3.8, 4) is 0 Å². The molecule has 2 rings (SSSR count). The van der Waals surface area contributed by atoms with Crippen molar-refractivity contribution in [2.45, 2.75) is 26.5 Å². The molecule has 0 aliphatic heterocycles. The van der Waals surface area contributed by atoms with Crippen molar-refractivity contribution in [3.63, 3.8) is 0 Å². The van der Waals surface area contributed by atoms with Crippen molar-refractivity contribution in [1.82, 2.24) is 15.3 Å². The van der Waals surface area contributed by atoms with Gasteiger partial charge in [0.2, 0.25) is 5.91 Å². The van der Waals surface area contributed by atoms with Crippen LogP contribution in [0.25, 0.3) is 0 Å². The molecular weight excluding hydrogens is 254 g/mol. The molecule has 1 heterocycles. The van der Waals surface area contributed by atoms with Crippen molar-refractivity contribution in [2.24, 2.45) is 0 Å². The fraction of sp³-hybridized carbons (Fsp3) is 0.333. The zero-order chi connectivity index (χ0) is 14.4. The summed E-state index contributed by atoms with van der Waals surface area (Å²) in [4.78, 5) is 19.0. The monoisotopic (exact) mass is 273 g/mol. The zero-order valence-corrected chi connectivity index (χ0v) is 11.7. The van der Waals surface area contributed by atoms with E-state index in [9.17, 15) is 4.79 Å². The summed E-state index contributed by atoms with van der Waals surface area (Å²) in [6, 6.07) is 9.61. The summed E-state index contributed by atoms with van der Waals surface area (Å²) in [5, 5.41) is 2.84. The second kappa shape index (κ2) is 6.86. The van der Waals surface area contributed by atoms with Gasteiger partial charge in [-0.2, -0.15) is 0 Å². The predicted octanol–water partition coefficient (Wildman–Crippen LogP) is 2.11. The minimum Gasteiger partial charge on any atom is -0.367 e. The Morgan fingerprint density at radius 1 is 1.40 bits per heavy atom. The molecule has 0 unspecified atom stereocenters. The summed E-state index contributed by atoms with van der Waals surface area (Å²) >= 11 is 0. The van der Waals surface area contributed by atoms with E-state index in [0.717, 1.165) is 17.1 Å². The molecule has 1 atom stereocenters. The molecule has 5 heteroatoms. The number of amides is 1. The number of rotatable bonds is 6. The Kier molecular flexibility index (Phi) is 4.90. The lowest BCUT2D eigenvalue weighted by molar-refractivity contribution is -0.126. The number of aromatic amines is 1. The van der Waals surface area contributed by atoms with E-state index in [0.29, 0.717) is 6.61 Å².